The van der Waals surface area contributed by atoms with Crippen molar-refractivity contribution >= 4 is 11.6 Å². The average Bonchev–Trinajstić information content (AvgIpc) is 3.03. The van der Waals surface area contributed by atoms with E-state index < -0.39 is 4.92 Å². The number of nitrogens with zero attached hydrogens (tertiary/aromatic N) is 3. The largest absolute Gasteiger partial charge is 0.504 e. The Kier molecular flexibility index (Phi) is 5.25. The van der Waals surface area contributed by atoms with Crippen LogP contribution in [-0.4, -0.2) is 26.2 Å². The molecule has 2 aromatic carbocycles. The highest BCUT2D eigenvalue weighted by Crippen LogP contribution is 2.28. The molecule has 0 saturated carbocycles. The summed E-state index contributed by atoms with van der Waals surface area (Å²) in [7, 11) is 1.84. The van der Waals surface area contributed by atoms with Crippen LogP contribution in [0.3, 0.4) is 0 Å². The van der Waals surface area contributed by atoms with E-state index in [9.17, 15) is 15.2 Å². The van der Waals surface area contributed by atoms with Gasteiger partial charge in [-0.2, -0.15) is 0 Å². The Morgan fingerprint density at radius 1 is 1.30 bits per heavy atom. The molecule has 2 N–H and O–H groups in total. The van der Waals surface area contributed by atoms with Gasteiger partial charge in [0.2, 0.25) is 5.95 Å². The molecule has 1 aromatic heterocycles. The number of aromatic nitrogens is 2. The number of benzene rings is 2. The fraction of sp³-hybridized carbons (Fsp3) is 0.211. The third-order valence-corrected chi connectivity index (χ3v) is 4.12. The third kappa shape index (κ3) is 4.00. The molecule has 1 heterocycles. The summed E-state index contributed by atoms with van der Waals surface area (Å²) in [5.74, 6) is 1.17. The minimum absolute atomic E-state index is 0.0377. The van der Waals surface area contributed by atoms with Gasteiger partial charge in [-0.3, -0.25) is 10.1 Å². The molecule has 8 heteroatoms. The molecule has 0 bridgehead atoms. The van der Waals surface area contributed by atoms with Gasteiger partial charge in [0.1, 0.15) is 0 Å². The van der Waals surface area contributed by atoms with E-state index in [1.165, 1.54) is 12.1 Å². The number of hydrogen-bond donors (Lipinski definition) is 2. The number of imidazole rings is 1. The highest BCUT2D eigenvalue weighted by molar-refractivity contribution is 5.64. The normalized spacial score (nSPS) is 10.6. The second-order valence-corrected chi connectivity index (χ2v) is 5.92. The monoisotopic (exact) mass is 368 g/mol. The van der Waals surface area contributed by atoms with E-state index in [2.05, 4.69) is 10.3 Å². The molecule has 0 fully saturated rings. The molecule has 0 atom stereocenters. The van der Waals surface area contributed by atoms with E-state index in [0.29, 0.717) is 24.8 Å². The molecule has 0 radical (unpaired) electrons. The maximum absolute atomic E-state index is 11.0. The maximum atomic E-state index is 11.0. The van der Waals surface area contributed by atoms with Crippen molar-refractivity contribution in [2.24, 2.45) is 7.05 Å². The first-order valence-corrected chi connectivity index (χ1v) is 8.44. The summed E-state index contributed by atoms with van der Waals surface area (Å²) < 4.78 is 7.23. The van der Waals surface area contributed by atoms with Crippen molar-refractivity contribution in [2.75, 3.05) is 11.9 Å². The van der Waals surface area contributed by atoms with Gasteiger partial charge in [-0.25, -0.2) is 4.98 Å². The average molecular weight is 368 g/mol. The minimum atomic E-state index is -0.417. The Balaban J connectivity index is 1.77. The van der Waals surface area contributed by atoms with Gasteiger partial charge in [0.15, 0.2) is 11.5 Å². The molecule has 140 valence electrons. The number of phenols is 1. The van der Waals surface area contributed by atoms with Gasteiger partial charge in [0.05, 0.1) is 23.4 Å². The van der Waals surface area contributed by atoms with Crippen molar-refractivity contribution in [3.05, 3.63) is 64.3 Å². The smallest absolute Gasteiger partial charge is 0.270 e. The Hall–Kier alpha value is -3.55. The summed E-state index contributed by atoms with van der Waals surface area (Å²) in [6, 6.07) is 11.6. The lowest BCUT2D eigenvalue weighted by atomic mass is 10.1. The topological polar surface area (TPSA) is 102 Å². The first kappa shape index (κ1) is 18.2. The van der Waals surface area contributed by atoms with Crippen LogP contribution in [0.4, 0.5) is 11.6 Å². The second-order valence-electron chi connectivity index (χ2n) is 5.92. The van der Waals surface area contributed by atoms with Gasteiger partial charge in [0.25, 0.3) is 5.69 Å². The number of non-ortho nitro benzene ring substituents is 1. The van der Waals surface area contributed by atoms with Crippen LogP contribution in [0.15, 0.2) is 48.7 Å². The number of anilines is 1. The number of nitro benzene ring substituents is 1. The lowest BCUT2D eigenvalue weighted by Crippen LogP contribution is -2.06. The number of nitro groups is 1. The van der Waals surface area contributed by atoms with Crippen molar-refractivity contribution in [2.45, 2.75) is 13.5 Å². The molecule has 3 aromatic rings. The number of nitrogens with one attached hydrogen (secondary N) is 1. The van der Waals surface area contributed by atoms with Gasteiger partial charge >= 0.3 is 0 Å². The molecular formula is C19H20N4O4. The predicted molar refractivity (Wildman–Crippen MR) is 102 cm³/mol. The first-order chi connectivity index (χ1) is 13.0. The highest BCUT2D eigenvalue weighted by atomic mass is 16.6. The Morgan fingerprint density at radius 3 is 2.85 bits per heavy atom. The van der Waals surface area contributed by atoms with Gasteiger partial charge in [0, 0.05) is 31.3 Å². The first-order valence-electron chi connectivity index (χ1n) is 8.44. The fourth-order valence-corrected chi connectivity index (χ4v) is 2.74. The van der Waals surface area contributed by atoms with E-state index in [1.54, 1.807) is 30.5 Å². The maximum Gasteiger partial charge on any atom is 0.270 e. The predicted octanol–water partition coefficient (Wildman–Crippen LogP) is 3.71. The zero-order chi connectivity index (χ0) is 19.4. The second kappa shape index (κ2) is 7.77. The van der Waals surface area contributed by atoms with E-state index in [1.807, 2.05) is 24.6 Å². The number of ether oxygens (including phenoxy) is 1. The molecule has 8 nitrogen and oxygen atoms in total. The van der Waals surface area contributed by atoms with Crippen LogP contribution in [0.5, 0.6) is 11.5 Å². The molecule has 0 aliphatic carbocycles. The molecule has 3 rings (SSSR count). The third-order valence-electron chi connectivity index (χ3n) is 4.12. The molecule has 0 spiro atoms. The number of hydrogen-bond acceptors (Lipinski definition) is 6. The molecule has 0 aliphatic heterocycles. The van der Waals surface area contributed by atoms with Crippen LogP contribution in [0.2, 0.25) is 0 Å². The van der Waals surface area contributed by atoms with E-state index >= 15 is 0 Å². The van der Waals surface area contributed by atoms with Crippen molar-refractivity contribution in [3.63, 3.8) is 0 Å². The van der Waals surface area contributed by atoms with Crippen LogP contribution in [0.1, 0.15) is 12.5 Å². The van der Waals surface area contributed by atoms with Crippen LogP contribution in [0, 0.1) is 10.1 Å². The van der Waals surface area contributed by atoms with Crippen LogP contribution in [-0.2, 0) is 13.6 Å². The Morgan fingerprint density at radius 2 is 2.11 bits per heavy atom. The Labute approximate surface area is 156 Å². The Bertz CT molecular complexity index is 968. The molecule has 0 saturated heterocycles. The number of phenolic OH excluding ortho intramolecular Hbond substituents is 1. The van der Waals surface area contributed by atoms with Crippen molar-refractivity contribution in [1.29, 1.82) is 0 Å². The zero-order valence-corrected chi connectivity index (χ0v) is 15.0. The fourth-order valence-electron chi connectivity index (χ4n) is 2.74. The quantitative estimate of drug-likeness (QED) is 0.487. The summed E-state index contributed by atoms with van der Waals surface area (Å²) in [6.45, 7) is 2.81. The van der Waals surface area contributed by atoms with E-state index in [-0.39, 0.29) is 11.4 Å². The number of rotatable bonds is 7. The zero-order valence-electron chi connectivity index (χ0n) is 15.0. The SMILES string of the molecule is CCOc1cc(CNc2ncc(-c3cccc([N+](=O)[O-])c3)n2C)ccc1O. The minimum Gasteiger partial charge on any atom is -0.504 e. The summed E-state index contributed by atoms with van der Waals surface area (Å²) in [6.07, 6.45) is 1.67. The van der Waals surface area contributed by atoms with Crippen molar-refractivity contribution in [3.8, 4) is 22.8 Å². The standard InChI is InChI=1S/C19H20N4O4/c1-3-27-18-9-13(7-8-17(18)24)11-20-19-21-12-16(22(19)2)14-5-4-6-15(10-14)23(25)26/h4-10,12,24H,3,11H2,1-2H3,(H,20,21). The van der Waals surface area contributed by atoms with E-state index in [4.69, 9.17) is 4.74 Å². The summed E-state index contributed by atoms with van der Waals surface area (Å²) in [5, 5.41) is 24.0. The van der Waals surface area contributed by atoms with Crippen LogP contribution in [0.25, 0.3) is 11.3 Å². The van der Waals surface area contributed by atoms with Crippen molar-refractivity contribution < 1.29 is 14.8 Å². The van der Waals surface area contributed by atoms with Gasteiger partial charge < -0.3 is 19.7 Å². The summed E-state index contributed by atoms with van der Waals surface area (Å²) >= 11 is 0. The van der Waals surface area contributed by atoms with E-state index in [0.717, 1.165) is 16.8 Å². The van der Waals surface area contributed by atoms with Crippen molar-refractivity contribution in [1.82, 2.24) is 9.55 Å². The van der Waals surface area contributed by atoms with Gasteiger partial charge in [-0.15, -0.1) is 0 Å². The molecule has 0 unspecified atom stereocenters. The summed E-state index contributed by atoms with van der Waals surface area (Å²) in [4.78, 5) is 14.9. The molecule has 0 amide bonds. The summed E-state index contributed by atoms with van der Waals surface area (Å²) in [5.41, 5.74) is 2.45. The lowest BCUT2D eigenvalue weighted by Gasteiger charge is -2.11. The molecular weight excluding hydrogens is 348 g/mol. The van der Waals surface area contributed by atoms with Gasteiger partial charge in [-0.05, 0) is 24.6 Å². The highest BCUT2D eigenvalue weighted by Gasteiger charge is 2.12. The molecule has 0 aliphatic rings. The lowest BCUT2D eigenvalue weighted by molar-refractivity contribution is -0.384. The van der Waals surface area contributed by atoms with Gasteiger partial charge in [-0.1, -0.05) is 18.2 Å². The van der Waals surface area contributed by atoms with Crippen LogP contribution >= 0.6 is 0 Å². The molecule has 27 heavy (non-hydrogen) atoms. The van der Waals surface area contributed by atoms with Crippen LogP contribution < -0.4 is 10.1 Å². The number of aromatic hydroxyl groups is 1.